The Morgan fingerprint density at radius 3 is 2.69 bits per heavy atom. The topological polar surface area (TPSA) is 78.3 Å². The molecule has 1 N–H and O–H groups in total. The van der Waals surface area contributed by atoms with Gasteiger partial charge in [-0.25, -0.2) is 0 Å². The third-order valence-electron chi connectivity index (χ3n) is 3.89. The van der Waals surface area contributed by atoms with Crippen LogP contribution in [0.2, 0.25) is 10.0 Å². The molecule has 10 heteroatoms. The molecule has 3 rings (SSSR count). The Morgan fingerprint density at radius 1 is 1.17 bits per heavy atom. The third kappa shape index (κ3) is 5.56. The minimum atomic E-state index is -0.228. The molecule has 0 unspecified atom stereocenters. The van der Waals surface area contributed by atoms with Gasteiger partial charge < -0.3 is 19.4 Å². The minimum Gasteiger partial charge on any atom is -0.493 e. The number of halogens is 2. The van der Waals surface area contributed by atoms with Crippen LogP contribution in [0.3, 0.4) is 0 Å². The lowest BCUT2D eigenvalue weighted by molar-refractivity contribution is -0.113. The van der Waals surface area contributed by atoms with Crippen molar-refractivity contribution >= 4 is 46.6 Å². The van der Waals surface area contributed by atoms with E-state index in [0.717, 1.165) is 0 Å². The van der Waals surface area contributed by atoms with Gasteiger partial charge >= 0.3 is 0 Å². The molecule has 0 aliphatic carbocycles. The number of rotatable bonds is 8. The molecule has 0 fully saturated rings. The van der Waals surface area contributed by atoms with Crippen molar-refractivity contribution in [1.29, 1.82) is 0 Å². The molecule has 29 heavy (non-hydrogen) atoms. The number of anilines is 1. The molecule has 7 nitrogen and oxygen atoms in total. The zero-order chi connectivity index (χ0) is 20.8. The first-order valence-corrected chi connectivity index (χ1v) is 10.2. The monoisotopic (exact) mass is 452 g/mol. The SMILES string of the molecule is COc1ccccc1OCc1nnc(SCC(=O)Nc2cc(Cl)ccc2Cl)n1C. The van der Waals surface area contributed by atoms with Gasteiger partial charge in [0.25, 0.3) is 0 Å². The highest BCUT2D eigenvalue weighted by Gasteiger charge is 2.14. The summed E-state index contributed by atoms with van der Waals surface area (Å²) < 4.78 is 12.8. The van der Waals surface area contributed by atoms with Crippen LogP contribution in [0, 0.1) is 0 Å². The lowest BCUT2D eigenvalue weighted by Gasteiger charge is -2.10. The van der Waals surface area contributed by atoms with Gasteiger partial charge in [0.05, 0.1) is 23.6 Å². The maximum atomic E-state index is 12.2. The number of hydrogen-bond acceptors (Lipinski definition) is 6. The molecule has 0 radical (unpaired) electrons. The lowest BCUT2D eigenvalue weighted by Crippen LogP contribution is -2.15. The Balaban J connectivity index is 1.56. The van der Waals surface area contributed by atoms with E-state index in [1.807, 2.05) is 31.3 Å². The lowest BCUT2D eigenvalue weighted by atomic mass is 10.3. The molecule has 1 heterocycles. The quantitative estimate of drug-likeness (QED) is 0.508. The van der Waals surface area contributed by atoms with Gasteiger partial charge in [0.2, 0.25) is 5.91 Å². The second-order valence-corrected chi connectivity index (χ2v) is 7.64. The van der Waals surface area contributed by atoms with E-state index in [2.05, 4.69) is 15.5 Å². The van der Waals surface area contributed by atoms with Crippen LogP contribution in [0.4, 0.5) is 5.69 Å². The van der Waals surface area contributed by atoms with Gasteiger partial charge in [-0.15, -0.1) is 10.2 Å². The molecular formula is C19H18Cl2N4O3S. The van der Waals surface area contributed by atoms with Crippen LogP contribution in [0.1, 0.15) is 5.82 Å². The summed E-state index contributed by atoms with van der Waals surface area (Å²) in [5, 5.41) is 12.5. The summed E-state index contributed by atoms with van der Waals surface area (Å²) in [6.45, 7) is 0.217. The molecule has 152 valence electrons. The van der Waals surface area contributed by atoms with E-state index in [1.165, 1.54) is 11.8 Å². The fraction of sp³-hybridized carbons (Fsp3) is 0.211. The van der Waals surface area contributed by atoms with Crippen LogP contribution in [0.15, 0.2) is 47.6 Å². The zero-order valence-electron chi connectivity index (χ0n) is 15.7. The Labute approximate surface area is 182 Å². The van der Waals surface area contributed by atoms with Crippen LogP contribution >= 0.6 is 35.0 Å². The van der Waals surface area contributed by atoms with E-state index in [9.17, 15) is 4.79 Å². The van der Waals surface area contributed by atoms with Gasteiger partial charge in [0.15, 0.2) is 22.5 Å². The number of ether oxygens (including phenoxy) is 2. The maximum absolute atomic E-state index is 12.2. The van der Waals surface area contributed by atoms with Crippen LogP contribution in [-0.4, -0.2) is 33.5 Å². The number of nitrogens with zero attached hydrogens (tertiary/aromatic N) is 3. The largest absolute Gasteiger partial charge is 0.493 e. The van der Waals surface area contributed by atoms with E-state index in [1.54, 1.807) is 29.9 Å². The van der Waals surface area contributed by atoms with Gasteiger partial charge in [0, 0.05) is 12.1 Å². The first kappa shape index (κ1) is 21.3. The summed E-state index contributed by atoms with van der Waals surface area (Å²) in [6, 6.07) is 12.2. The molecule has 0 saturated heterocycles. The van der Waals surface area contributed by atoms with Crippen molar-refractivity contribution in [2.24, 2.45) is 7.05 Å². The minimum absolute atomic E-state index is 0.141. The first-order chi connectivity index (χ1) is 14.0. The van der Waals surface area contributed by atoms with E-state index in [4.69, 9.17) is 32.7 Å². The number of amides is 1. The normalized spacial score (nSPS) is 10.6. The van der Waals surface area contributed by atoms with Crippen molar-refractivity contribution < 1.29 is 14.3 Å². The average Bonchev–Trinajstić information content (AvgIpc) is 3.07. The number of methoxy groups -OCH3 is 1. The molecule has 1 aromatic heterocycles. The van der Waals surface area contributed by atoms with Crippen LogP contribution in [-0.2, 0) is 18.4 Å². The molecule has 0 atom stereocenters. The Bertz CT molecular complexity index is 1010. The van der Waals surface area contributed by atoms with Gasteiger partial charge in [-0.3, -0.25) is 4.79 Å². The molecule has 0 bridgehead atoms. The number of carbonyl (C=O) groups excluding carboxylic acids is 1. The van der Waals surface area contributed by atoms with Gasteiger partial charge in [0.1, 0.15) is 6.61 Å². The Morgan fingerprint density at radius 2 is 1.93 bits per heavy atom. The number of carbonyl (C=O) groups is 1. The number of thioether (sulfide) groups is 1. The summed E-state index contributed by atoms with van der Waals surface area (Å²) in [4.78, 5) is 12.2. The fourth-order valence-corrected chi connectivity index (χ4v) is 3.45. The van der Waals surface area contributed by atoms with E-state index < -0.39 is 0 Å². The van der Waals surface area contributed by atoms with E-state index >= 15 is 0 Å². The number of nitrogens with one attached hydrogen (secondary N) is 1. The van der Waals surface area contributed by atoms with Gasteiger partial charge in [-0.2, -0.15) is 0 Å². The summed E-state index contributed by atoms with van der Waals surface area (Å²) >= 11 is 13.3. The summed E-state index contributed by atoms with van der Waals surface area (Å²) in [7, 11) is 3.40. The second kappa shape index (κ2) is 9.87. The highest BCUT2D eigenvalue weighted by molar-refractivity contribution is 7.99. The number of aromatic nitrogens is 3. The van der Waals surface area contributed by atoms with E-state index in [0.29, 0.717) is 38.2 Å². The molecule has 0 saturated carbocycles. The predicted molar refractivity (Wildman–Crippen MR) is 114 cm³/mol. The molecule has 1 amide bonds. The molecule has 0 aliphatic heterocycles. The Hall–Kier alpha value is -2.42. The Kier molecular flexibility index (Phi) is 7.24. The summed E-state index contributed by atoms with van der Waals surface area (Å²) in [5.74, 6) is 1.79. The molecular weight excluding hydrogens is 435 g/mol. The predicted octanol–water partition coefficient (Wildman–Crippen LogP) is 4.44. The standard InChI is InChI=1S/C19H18Cl2N4O3S/c1-25-17(10-28-16-6-4-3-5-15(16)27-2)23-24-19(25)29-11-18(26)22-14-9-12(20)7-8-13(14)21/h3-9H,10-11H2,1-2H3,(H,22,26). The van der Waals surface area contributed by atoms with Crippen molar-refractivity contribution in [3.05, 3.63) is 58.3 Å². The van der Waals surface area contributed by atoms with E-state index in [-0.39, 0.29) is 18.3 Å². The van der Waals surface area contributed by atoms with Crippen LogP contribution < -0.4 is 14.8 Å². The highest BCUT2D eigenvalue weighted by atomic mass is 35.5. The van der Waals surface area contributed by atoms with Crippen molar-refractivity contribution in [2.75, 3.05) is 18.2 Å². The molecule has 0 aliphatic rings. The smallest absolute Gasteiger partial charge is 0.234 e. The van der Waals surface area contributed by atoms with Crippen LogP contribution in [0.25, 0.3) is 0 Å². The molecule has 0 spiro atoms. The van der Waals surface area contributed by atoms with Gasteiger partial charge in [-0.1, -0.05) is 47.1 Å². The average molecular weight is 453 g/mol. The number of hydrogen-bond donors (Lipinski definition) is 1. The second-order valence-electron chi connectivity index (χ2n) is 5.86. The molecule has 2 aromatic carbocycles. The maximum Gasteiger partial charge on any atom is 0.234 e. The summed E-state index contributed by atoms with van der Waals surface area (Å²) in [6.07, 6.45) is 0. The fourth-order valence-electron chi connectivity index (χ4n) is 2.39. The van der Waals surface area contributed by atoms with Crippen molar-refractivity contribution in [1.82, 2.24) is 14.8 Å². The van der Waals surface area contributed by atoms with Gasteiger partial charge in [-0.05, 0) is 30.3 Å². The van der Waals surface area contributed by atoms with Crippen LogP contribution in [0.5, 0.6) is 11.5 Å². The summed E-state index contributed by atoms with van der Waals surface area (Å²) in [5.41, 5.74) is 0.466. The van der Waals surface area contributed by atoms with Crippen molar-refractivity contribution in [3.8, 4) is 11.5 Å². The first-order valence-electron chi connectivity index (χ1n) is 8.49. The number of para-hydroxylation sites is 2. The number of benzene rings is 2. The molecule has 3 aromatic rings. The van der Waals surface area contributed by atoms with Crippen molar-refractivity contribution in [2.45, 2.75) is 11.8 Å². The highest BCUT2D eigenvalue weighted by Crippen LogP contribution is 2.27. The third-order valence-corrected chi connectivity index (χ3v) is 5.47. The van der Waals surface area contributed by atoms with Crippen molar-refractivity contribution in [3.63, 3.8) is 0 Å². The zero-order valence-corrected chi connectivity index (χ0v) is 18.0.